The Morgan fingerprint density at radius 2 is 1.25 bits per heavy atom. The van der Waals surface area contributed by atoms with Crippen molar-refractivity contribution >= 4 is 7.85 Å². The van der Waals surface area contributed by atoms with Gasteiger partial charge in [0, 0.05) is 39.1 Å². The second-order valence-electron chi connectivity index (χ2n) is 0. The van der Waals surface area contributed by atoms with E-state index in [1.165, 1.54) is 0 Å². The maximum atomic E-state index is 2.00. The van der Waals surface area contributed by atoms with Crippen molar-refractivity contribution in [2.24, 2.45) is 0 Å². The summed E-state index contributed by atoms with van der Waals surface area (Å²) in [6.07, 6.45) is 0. The summed E-state index contributed by atoms with van der Waals surface area (Å²) in [5, 5.41) is 0. The van der Waals surface area contributed by atoms with E-state index in [2.05, 4.69) is 0 Å². The minimum absolute atomic E-state index is 0. The summed E-state index contributed by atoms with van der Waals surface area (Å²) in [7, 11) is 2.00. The second-order valence-corrected chi connectivity index (χ2v) is 0. The Labute approximate surface area is 53.8 Å². The average Bonchev–Trinajstić information content (AvgIpc) is 1.00. The van der Waals surface area contributed by atoms with Crippen LogP contribution in [0.25, 0.3) is 0 Å². The van der Waals surface area contributed by atoms with Crippen molar-refractivity contribution in [2.75, 3.05) is 0 Å². The molecule has 0 atom stereocenters. The predicted octanol–water partition coefficient (Wildman–Crippen LogP) is -0.337. The van der Waals surface area contributed by atoms with E-state index in [9.17, 15) is 0 Å². The molecule has 0 aliphatic rings. The van der Waals surface area contributed by atoms with Gasteiger partial charge in [-0.3, -0.25) is 0 Å². The van der Waals surface area contributed by atoms with Crippen LogP contribution in [-0.4, -0.2) is 7.85 Å². The summed E-state index contributed by atoms with van der Waals surface area (Å²) < 4.78 is 0. The van der Waals surface area contributed by atoms with Crippen molar-refractivity contribution in [2.45, 2.75) is 6.82 Å². The summed E-state index contributed by atoms with van der Waals surface area (Å²) >= 11 is 0. The van der Waals surface area contributed by atoms with E-state index in [1.807, 2.05) is 14.7 Å². The van der Waals surface area contributed by atoms with Crippen molar-refractivity contribution in [3.8, 4) is 0 Å². The SMILES string of the molecule is BC.[Cr].[Ti]. The van der Waals surface area contributed by atoms with Crippen LogP contribution in [0, 0.1) is 0 Å². The summed E-state index contributed by atoms with van der Waals surface area (Å²) in [5.74, 6) is 0. The normalized spacial score (nSPS) is 1.25. The van der Waals surface area contributed by atoms with E-state index >= 15 is 0 Å². The van der Waals surface area contributed by atoms with Crippen LogP contribution in [0.15, 0.2) is 0 Å². The summed E-state index contributed by atoms with van der Waals surface area (Å²) in [6, 6.07) is 0. The minimum Gasteiger partial charge on any atom is -0.0927 e. The topological polar surface area (TPSA) is 0 Å². The maximum absolute atomic E-state index is 2.00. The monoisotopic (exact) mass is 128 g/mol. The zero-order valence-electron chi connectivity index (χ0n) is 2.91. The van der Waals surface area contributed by atoms with Gasteiger partial charge in [-0.1, -0.05) is 6.82 Å². The first-order valence-corrected chi connectivity index (χ1v) is 1.00. The van der Waals surface area contributed by atoms with Crippen LogP contribution in [0.1, 0.15) is 0 Å². The Morgan fingerprint density at radius 1 is 1.25 bits per heavy atom. The van der Waals surface area contributed by atoms with Crippen LogP contribution in [0.5, 0.6) is 0 Å². The molecule has 0 rings (SSSR count). The molecule has 0 aromatic rings. The molecule has 0 aromatic carbocycles. The molecule has 0 bridgehead atoms. The average molecular weight is 128 g/mol. The van der Waals surface area contributed by atoms with Crippen LogP contribution in [0.2, 0.25) is 6.82 Å². The zero-order chi connectivity index (χ0) is 2.00. The Balaban J connectivity index is -0.00000000500. The summed E-state index contributed by atoms with van der Waals surface area (Å²) in [4.78, 5) is 0. The molecule has 0 saturated heterocycles. The Morgan fingerprint density at radius 3 is 1.25 bits per heavy atom. The Bertz CT molecular complexity index is 8.00. The number of rotatable bonds is 0. The minimum atomic E-state index is 0. The second kappa shape index (κ2) is 27.5. The van der Waals surface area contributed by atoms with E-state index in [0.717, 1.165) is 0 Å². The predicted molar refractivity (Wildman–Crippen MR) is 14.4 cm³/mol. The van der Waals surface area contributed by atoms with E-state index in [4.69, 9.17) is 0 Å². The van der Waals surface area contributed by atoms with Gasteiger partial charge >= 0.3 is 0 Å². The largest absolute Gasteiger partial charge is 0.0973 e. The van der Waals surface area contributed by atoms with E-state index in [1.54, 1.807) is 0 Å². The Hall–Kier alpha value is 1.31. The van der Waals surface area contributed by atoms with Gasteiger partial charge in [0.05, 0.1) is 7.85 Å². The van der Waals surface area contributed by atoms with Gasteiger partial charge in [-0.15, -0.1) is 0 Å². The van der Waals surface area contributed by atoms with Crippen LogP contribution in [0.4, 0.5) is 0 Å². The molecule has 0 heterocycles. The third-order valence-corrected chi connectivity index (χ3v) is 0. The van der Waals surface area contributed by atoms with Gasteiger partial charge in [0.25, 0.3) is 0 Å². The molecule has 0 aliphatic heterocycles. The van der Waals surface area contributed by atoms with Gasteiger partial charge in [0.15, 0.2) is 0 Å². The first-order valence-electron chi connectivity index (χ1n) is 1.00. The summed E-state index contributed by atoms with van der Waals surface area (Å²) in [5.41, 5.74) is 0. The van der Waals surface area contributed by atoms with Crippen molar-refractivity contribution < 1.29 is 39.1 Å². The molecule has 4 heavy (non-hydrogen) atoms. The first-order chi connectivity index (χ1) is 1.00. The molecule has 0 aliphatic carbocycles. The molecule has 0 nitrogen and oxygen atoms in total. The molecule has 0 fully saturated rings. The standard InChI is InChI=1S/CH5B.Cr.Ti/c1-2;;/h2H2,1H3;;. The quantitative estimate of drug-likeness (QED) is 0.391. The fourth-order valence-corrected chi connectivity index (χ4v) is 0. The van der Waals surface area contributed by atoms with Crippen LogP contribution >= 0.6 is 0 Å². The van der Waals surface area contributed by atoms with Gasteiger partial charge in [0.1, 0.15) is 0 Å². The van der Waals surface area contributed by atoms with Crippen LogP contribution < -0.4 is 0 Å². The van der Waals surface area contributed by atoms with Crippen molar-refractivity contribution in [3.63, 3.8) is 0 Å². The van der Waals surface area contributed by atoms with Crippen LogP contribution in [-0.2, 0) is 39.1 Å². The molecule has 0 N–H and O–H groups in total. The van der Waals surface area contributed by atoms with E-state index in [-0.39, 0.29) is 39.1 Å². The number of hydrogen-bond donors (Lipinski definition) is 0. The molecule has 22 valence electrons. The van der Waals surface area contributed by atoms with Gasteiger partial charge in [-0.2, -0.15) is 0 Å². The van der Waals surface area contributed by atoms with Gasteiger partial charge < -0.3 is 0 Å². The fraction of sp³-hybridized carbons (Fsp3) is 1.00. The first kappa shape index (κ1) is 18.5. The molecule has 0 aromatic heterocycles. The fourth-order valence-electron chi connectivity index (χ4n) is 0. The van der Waals surface area contributed by atoms with Gasteiger partial charge in [-0.05, 0) is 0 Å². The summed E-state index contributed by atoms with van der Waals surface area (Å²) in [6.45, 7) is 2.00. The molecule has 0 spiro atoms. The van der Waals surface area contributed by atoms with Gasteiger partial charge in [0.2, 0.25) is 0 Å². The zero-order valence-corrected chi connectivity index (χ0v) is 5.74. The van der Waals surface area contributed by atoms with Crippen molar-refractivity contribution in [1.82, 2.24) is 0 Å². The van der Waals surface area contributed by atoms with E-state index < -0.39 is 0 Å². The number of hydrogen-bond acceptors (Lipinski definition) is 0. The molecule has 0 amide bonds. The smallest absolute Gasteiger partial charge is 0.0927 e. The van der Waals surface area contributed by atoms with Crippen LogP contribution in [0.3, 0.4) is 0 Å². The third-order valence-electron chi connectivity index (χ3n) is 0. The molecular formula is CH5BCrTi. The van der Waals surface area contributed by atoms with Crippen molar-refractivity contribution in [1.29, 1.82) is 0 Å². The van der Waals surface area contributed by atoms with E-state index in [0.29, 0.717) is 0 Å². The molecule has 0 unspecified atom stereocenters. The maximum Gasteiger partial charge on any atom is 0.0973 e. The molecule has 0 saturated carbocycles. The molecule has 3 heteroatoms. The molecular weight excluding hydrogens is 123 g/mol. The molecule has 0 radical (unpaired) electrons. The van der Waals surface area contributed by atoms with Gasteiger partial charge in [-0.25, -0.2) is 0 Å². The van der Waals surface area contributed by atoms with Crippen molar-refractivity contribution in [3.05, 3.63) is 0 Å². The Kier molecular flexibility index (Phi) is 127. The third kappa shape index (κ3) is 10.3.